The number of rotatable bonds is 6. The maximum Gasteiger partial charge on any atom is 0.228 e. The number of aliphatic hydroxyl groups is 1. The van der Waals surface area contributed by atoms with E-state index in [4.69, 9.17) is 9.84 Å². The molecule has 124 valence electrons. The predicted octanol–water partition coefficient (Wildman–Crippen LogP) is 1.78. The van der Waals surface area contributed by atoms with Crippen LogP contribution in [0, 0.1) is 5.92 Å². The number of thioether (sulfide) groups is 1. The van der Waals surface area contributed by atoms with Crippen molar-refractivity contribution in [2.75, 3.05) is 37.0 Å². The predicted molar refractivity (Wildman–Crippen MR) is 87.4 cm³/mol. The SMILES string of the molecule is CC1CCN(c2nnc(SCCO)n2C[C@@H]2CCCO2)CC1. The van der Waals surface area contributed by atoms with Crippen LogP contribution in [0.5, 0.6) is 0 Å². The lowest BCUT2D eigenvalue weighted by molar-refractivity contribution is 0.0951. The normalized spacial score (nSPS) is 23.4. The third-order valence-electron chi connectivity index (χ3n) is 4.50. The molecule has 1 atom stereocenters. The first-order chi connectivity index (χ1) is 10.8. The van der Waals surface area contributed by atoms with Gasteiger partial charge in [-0.15, -0.1) is 10.2 Å². The van der Waals surface area contributed by atoms with E-state index < -0.39 is 0 Å². The molecular weight excluding hydrogens is 300 g/mol. The lowest BCUT2D eigenvalue weighted by Gasteiger charge is -2.31. The van der Waals surface area contributed by atoms with Crippen molar-refractivity contribution < 1.29 is 9.84 Å². The Morgan fingerprint density at radius 2 is 2.09 bits per heavy atom. The molecule has 22 heavy (non-hydrogen) atoms. The fourth-order valence-corrected chi connectivity index (χ4v) is 3.80. The van der Waals surface area contributed by atoms with E-state index in [1.807, 2.05) is 0 Å². The van der Waals surface area contributed by atoms with E-state index in [0.29, 0.717) is 5.75 Å². The largest absolute Gasteiger partial charge is 0.396 e. The fraction of sp³-hybridized carbons (Fsp3) is 0.867. The van der Waals surface area contributed by atoms with Crippen LogP contribution in [0.4, 0.5) is 5.95 Å². The Labute approximate surface area is 136 Å². The van der Waals surface area contributed by atoms with E-state index in [9.17, 15) is 0 Å². The average molecular weight is 326 g/mol. The van der Waals surface area contributed by atoms with Crippen LogP contribution >= 0.6 is 11.8 Å². The molecule has 0 radical (unpaired) electrons. The summed E-state index contributed by atoms with van der Waals surface area (Å²) in [6.45, 7) is 6.26. The third-order valence-corrected chi connectivity index (χ3v) is 5.44. The number of aromatic nitrogens is 3. The molecule has 2 saturated heterocycles. The van der Waals surface area contributed by atoms with Gasteiger partial charge in [0.15, 0.2) is 5.16 Å². The first-order valence-electron chi connectivity index (χ1n) is 8.31. The van der Waals surface area contributed by atoms with Crippen LogP contribution in [0.25, 0.3) is 0 Å². The van der Waals surface area contributed by atoms with Crippen LogP contribution in [0.2, 0.25) is 0 Å². The van der Waals surface area contributed by atoms with Gasteiger partial charge in [-0.05, 0) is 31.6 Å². The molecular formula is C15H26N4O2S. The number of hydrogen-bond donors (Lipinski definition) is 1. The van der Waals surface area contributed by atoms with Gasteiger partial charge in [-0.2, -0.15) is 0 Å². The van der Waals surface area contributed by atoms with Gasteiger partial charge in [0.2, 0.25) is 5.95 Å². The molecule has 6 nitrogen and oxygen atoms in total. The Balaban J connectivity index is 1.76. The Morgan fingerprint density at radius 3 is 2.77 bits per heavy atom. The fourth-order valence-electron chi connectivity index (χ4n) is 3.12. The maximum absolute atomic E-state index is 9.07. The summed E-state index contributed by atoms with van der Waals surface area (Å²) in [7, 11) is 0. The molecule has 1 aromatic heterocycles. The second-order valence-electron chi connectivity index (χ2n) is 6.27. The van der Waals surface area contributed by atoms with Gasteiger partial charge < -0.3 is 14.7 Å². The maximum atomic E-state index is 9.07. The van der Waals surface area contributed by atoms with Crippen molar-refractivity contribution in [1.82, 2.24) is 14.8 Å². The summed E-state index contributed by atoms with van der Waals surface area (Å²) in [5.41, 5.74) is 0. The molecule has 2 aliphatic rings. The number of nitrogens with zero attached hydrogens (tertiary/aromatic N) is 4. The highest BCUT2D eigenvalue weighted by atomic mass is 32.2. The lowest BCUT2D eigenvalue weighted by Crippen LogP contribution is -2.35. The topological polar surface area (TPSA) is 63.4 Å². The minimum atomic E-state index is 0.161. The van der Waals surface area contributed by atoms with E-state index >= 15 is 0 Å². The molecule has 0 amide bonds. The first kappa shape index (κ1) is 16.1. The summed E-state index contributed by atoms with van der Waals surface area (Å²) < 4.78 is 7.99. The molecule has 3 rings (SSSR count). The Bertz CT molecular complexity index is 468. The highest BCUT2D eigenvalue weighted by Crippen LogP contribution is 2.27. The molecule has 3 heterocycles. The van der Waals surface area contributed by atoms with Gasteiger partial charge >= 0.3 is 0 Å². The van der Waals surface area contributed by atoms with Crippen LogP contribution in [0.15, 0.2) is 5.16 Å². The molecule has 1 N–H and O–H groups in total. The molecule has 0 spiro atoms. The molecule has 7 heteroatoms. The van der Waals surface area contributed by atoms with E-state index in [1.165, 1.54) is 12.8 Å². The third kappa shape index (κ3) is 3.75. The van der Waals surface area contributed by atoms with Crippen molar-refractivity contribution in [1.29, 1.82) is 0 Å². The molecule has 0 aliphatic carbocycles. The Kier molecular flexibility index (Phi) is 5.60. The number of ether oxygens (including phenoxy) is 1. The van der Waals surface area contributed by atoms with E-state index in [0.717, 1.165) is 56.1 Å². The van der Waals surface area contributed by atoms with Gasteiger partial charge in [0, 0.05) is 25.4 Å². The summed E-state index contributed by atoms with van der Waals surface area (Å²) in [4.78, 5) is 2.35. The van der Waals surface area contributed by atoms with Crippen molar-refractivity contribution in [3.05, 3.63) is 0 Å². The minimum absolute atomic E-state index is 0.161. The van der Waals surface area contributed by atoms with Crippen molar-refractivity contribution in [2.24, 2.45) is 5.92 Å². The number of piperidine rings is 1. The summed E-state index contributed by atoms with van der Waals surface area (Å²) in [6.07, 6.45) is 4.95. The monoisotopic (exact) mass is 326 g/mol. The Morgan fingerprint density at radius 1 is 1.27 bits per heavy atom. The van der Waals surface area contributed by atoms with Gasteiger partial charge in [0.25, 0.3) is 0 Å². The minimum Gasteiger partial charge on any atom is -0.396 e. The molecule has 2 aliphatic heterocycles. The van der Waals surface area contributed by atoms with E-state index in [2.05, 4.69) is 26.6 Å². The molecule has 0 bridgehead atoms. The van der Waals surface area contributed by atoms with Crippen LogP contribution in [0.3, 0.4) is 0 Å². The number of aliphatic hydroxyl groups excluding tert-OH is 1. The van der Waals surface area contributed by atoms with Crippen LogP contribution in [-0.4, -0.2) is 58.0 Å². The second-order valence-corrected chi connectivity index (χ2v) is 7.33. The molecule has 1 aromatic rings. The molecule has 0 saturated carbocycles. The van der Waals surface area contributed by atoms with Crippen LogP contribution < -0.4 is 4.90 Å². The van der Waals surface area contributed by atoms with Crippen molar-refractivity contribution >= 4 is 17.7 Å². The molecule has 2 fully saturated rings. The molecule has 0 unspecified atom stereocenters. The van der Waals surface area contributed by atoms with Gasteiger partial charge in [-0.3, -0.25) is 4.57 Å². The van der Waals surface area contributed by atoms with Crippen LogP contribution in [0.1, 0.15) is 32.6 Å². The smallest absolute Gasteiger partial charge is 0.228 e. The standard InChI is InChI=1S/C15H26N4O2S/c1-12-4-6-18(7-5-12)14-16-17-15(22-10-8-20)19(14)11-13-3-2-9-21-13/h12-13,20H,2-11H2,1H3/t13-/m0/s1. The van der Waals surface area contributed by atoms with Crippen molar-refractivity contribution in [3.63, 3.8) is 0 Å². The van der Waals surface area contributed by atoms with E-state index in [-0.39, 0.29) is 12.7 Å². The van der Waals surface area contributed by atoms with Crippen molar-refractivity contribution in [3.8, 4) is 0 Å². The van der Waals surface area contributed by atoms with Gasteiger partial charge in [-0.1, -0.05) is 18.7 Å². The zero-order valence-electron chi connectivity index (χ0n) is 13.3. The number of hydrogen-bond acceptors (Lipinski definition) is 6. The summed E-state index contributed by atoms with van der Waals surface area (Å²) in [5, 5.41) is 18.8. The summed E-state index contributed by atoms with van der Waals surface area (Å²) in [6, 6.07) is 0. The zero-order valence-corrected chi connectivity index (χ0v) is 14.1. The molecule has 0 aromatic carbocycles. The van der Waals surface area contributed by atoms with Crippen LogP contribution in [-0.2, 0) is 11.3 Å². The second kappa shape index (κ2) is 7.66. The average Bonchev–Trinajstić information content (AvgIpc) is 3.17. The highest BCUT2D eigenvalue weighted by molar-refractivity contribution is 7.99. The Hall–Kier alpha value is -0.790. The summed E-state index contributed by atoms with van der Waals surface area (Å²) in [5.74, 6) is 2.43. The van der Waals surface area contributed by atoms with Gasteiger partial charge in [-0.25, -0.2) is 0 Å². The van der Waals surface area contributed by atoms with Gasteiger partial charge in [0.05, 0.1) is 19.3 Å². The first-order valence-corrected chi connectivity index (χ1v) is 9.30. The quantitative estimate of drug-likeness (QED) is 0.804. The number of anilines is 1. The lowest BCUT2D eigenvalue weighted by atomic mass is 10.00. The van der Waals surface area contributed by atoms with Gasteiger partial charge in [0.1, 0.15) is 0 Å². The zero-order chi connectivity index (χ0) is 15.4. The van der Waals surface area contributed by atoms with E-state index in [1.54, 1.807) is 11.8 Å². The van der Waals surface area contributed by atoms with Crippen molar-refractivity contribution in [2.45, 2.75) is 50.4 Å². The summed E-state index contributed by atoms with van der Waals surface area (Å²) >= 11 is 1.57. The highest BCUT2D eigenvalue weighted by Gasteiger charge is 2.25.